The van der Waals surface area contributed by atoms with Gasteiger partial charge in [-0.3, -0.25) is 0 Å². The van der Waals surface area contributed by atoms with E-state index >= 15 is 0 Å². The molecule has 0 spiro atoms. The van der Waals surface area contributed by atoms with E-state index in [0.717, 1.165) is 10.9 Å². The maximum atomic E-state index is 3.74. The van der Waals surface area contributed by atoms with Crippen LogP contribution < -0.4 is 0 Å². The first-order valence-electron chi connectivity index (χ1n) is 6.13. The quantitative estimate of drug-likeness (QED) is 0.658. The molecule has 0 aliphatic carbocycles. The zero-order valence-corrected chi connectivity index (χ0v) is 11.8. The molecule has 1 heterocycles. The van der Waals surface area contributed by atoms with E-state index in [1.54, 1.807) is 0 Å². The normalized spacial score (nSPS) is 19.1. The molecular formula is C14H22BrN. The highest BCUT2D eigenvalue weighted by molar-refractivity contribution is 9.11. The summed E-state index contributed by atoms with van der Waals surface area (Å²) in [5.74, 6) is 0. The lowest BCUT2D eigenvalue weighted by molar-refractivity contribution is 0.334. The molecule has 0 aromatic rings. The molecule has 1 aliphatic rings. The standard InChI is InChI=1S/C14H22BrN/c1-3-13(12-14(15)4-2)8-7-11-16-9-5-6-10-16/h3-4,12H,2,5-11H2,1H3/b13-3-,14-12+. The van der Waals surface area contributed by atoms with Gasteiger partial charge in [0.15, 0.2) is 0 Å². The molecule has 0 N–H and O–H groups in total. The molecule has 0 bridgehead atoms. The molecule has 0 amide bonds. The van der Waals surface area contributed by atoms with Crippen molar-refractivity contribution in [2.75, 3.05) is 19.6 Å². The van der Waals surface area contributed by atoms with Crippen LogP contribution >= 0.6 is 15.9 Å². The van der Waals surface area contributed by atoms with Gasteiger partial charge in [-0.05, 0) is 58.3 Å². The Morgan fingerprint density at radius 2 is 2.06 bits per heavy atom. The topological polar surface area (TPSA) is 3.24 Å². The van der Waals surface area contributed by atoms with Gasteiger partial charge in [0.25, 0.3) is 0 Å². The second-order valence-electron chi connectivity index (χ2n) is 4.25. The van der Waals surface area contributed by atoms with E-state index < -0.39 is 0 Å². The molecule has 0 aromatic carbocycles. The molecule has 1 rings (SSSR count). The van der Waals surface area contributed by atoms with Gasteiger partial charge >= 0.3 is 0 Å². The van der Waals surface area contributed by atoms with Crippen LogP contribution in [0.4, 0.5) is 0 Å². The predicted molar refractivity (Wildman–Crippen MR) is 75.9 cm³/mol. The second kappa shape index (κ2) is 7.86. The first-order chi connectivity index (χ1) is 7.76. The van der Waals surface area contributed by atoms with Crippen LogP contribution in [0.25, 0.3) is 0 Å². The SMILES string of the molecule is C=C/C(Br)=C\C(=C/C)CCCN1CCCC1. The summed E-state index contributed by atoms with van der Waals surface area (Å²) in [7, 11) is 0. The molecule has 90 valence electrons. The van der Waals surface area contributed by atoms with Crippen molar-refractivity contribution in [2.24, 2.45) is 0 Å². The first-order valence-corrected chi connectivity index (χ1v) is 6.92. The average Bonchev–Trinajstić information content (AvgIpc) is 2.80. The van der Waals surface area contributed by atoms with Gasteiger partial charge in [-0.1, -0.05) is 40.2 Å². The van der Waals surface area contributed by atoms with Crippen LogP contribution in [0.5, 0.6) is 0 Å². The molecule has 0 unspecified atom stereocenters. The van der Waals surface area contributed by atoms with E-state index in [1.165, 1.54) is 44.5 Å². The summed E-state index contributed by atoms with van der Waals surface area (Å²) in [6, 6.07) is 0. The minimum atomic E-state index is 1.07. The van der Waals surface area contributed by atoms with E-state index in [-0.39, 0.29) is 0 Å². The smallest absolute Gasteiger partial charge is 0.0171 e. The summed E-state index contributed by atoms with van der Waals surface area (Å²) in [5.41, 5.74) is 1.39. The summed E-state index contributed by atoms with van der Waals surface area (Å²) in [4.78, 5) is 2.57. The Bertz CT molecular complexity index is 272. The molecule has 1 aliphatic heterocycles. The minimum Gasteiger partial charge on any atom is -0.303 e. The third kappa shape index (κ3) is 5.13. The number of nitrogens with zero attached hydrogens (tertiary/aromatic N) is 1. The monoisotopic (exact) mass is 283 g/mol. The van der Waals surface area contributed by atoms with Gasteiger partial charge in [-0.2, -0.15) is 0 Å². The van der Waals surface area contributed by atoms with Crippen molar-refractivity contribution < 1.29 is 0 Å². The highest BCUT2D eigenvalue weighted by Gasteiger charge is 2.10. The Morgan fingerprint density at radius 1 is 1.38 bits per heavy atom. The van der Waals surface area contributed by atoms with Gasteiger partial charge in [0, 0.05) is 4.48 Å². The van der Waals surface area contributed by atoms with Gasteiger partial charge in [0.05, 0.1) is 0 Å². The van der Waals surface area contributed by atoms with E-state index in [9.17, 15) is 0 Å². The Labute approximate surface area is 108 Å². The maximum absolute atomic E-state index is 3.74. The lowest BCUT2D eigenvalue weighted by Gasteiger charge is -2.14. The lowest BCUT2D eigenvalue weighted by Crippen LogP contribution is -2.20. The molecule has 0 atom stereocenters. The van der Waals surface area contributed by atoms with E-state index in [0.29, 0.717) is 0 Å². The Morgan fingerprint density at radius 3 is 2.62 bits per heavy atom. The zero-order valence-electron chi connectivity index (χ0n) is 10.2. The molecule has 16 heavy (non-hydrogen) atoms. The Hall–Kier alpha value is -0.340. The predicted octanol–water partition coefficient (Wildman–Crippen LogP) is 4.27. The van der Waals surface area contributed by atoms with Crippen LogP contribution in [-0.4, -0.2) is 24.5 Å². The average molecular weight is 284 g/mol. The van der Waals surface area contributed by atoms with Crippen LogP contribution in [0.15, 0.2) is 34.9 Å². The zero-order chi connectivity index (χ0) is 11.8. The van der Waals surface area contributed by atoms with Gasteiger partial charge in [-0.15, -0.1) is 0 Å². The van der Waals surface area contributed by atoms with Crippen molar-refractivity contribution in [3.05, 3.63) is 34.9 Å². The fourth-order valence-electron chi connectivity index (χ4n) is 2.05. The van der Waals surface area contributed by atoms with Crippen LogP contribution in [0.2, 0.25) is 0 Å². The van der Waals surface area contributed by atoms with Crippen molar-refractivity contribution in [3.8, 4) is 0 Å². The Kier molecular flexibility index (Phi) is 6.74. The van der Waals surface area contributed by atoms with Crippen molar-refractivity contribution in [1.82, 2.24) is 4.90 Å². The van der Waals surface area contributed by atoms with Crippen molar-refractivity contribution in [1.29, 1.82) is 0 Å². The third-order valence-electron chi connectivity index (χ3n) is 3.03. The number of rotatable bonds is 6. The summed E-state index contributed by atoms with van der Waals surface area (Å²) in [6.45, 7) is 9.70. The summed E-state index contributed by atoms with van der Waals surface area (Å²) in [5, 5.41) is 0. The number of halogens is 1. The largest absolute Gasteiger partial charge is 0.303 e. The van der Waals surface area contributed by atoms with Crippen LogP contribution in [-0.2, 0) is 0 Å². The van der Waals surface area contributed by atoms with Crippen LogP contribution in [0, 0.1) is 0 Å². The molecule has 2 heteroatoms. The molecular weight excluding hydrogens is 262 g/mol. The second-order valence-corrected chi connectivity index (χ2v) is 5.16. The van der Waals surface area contributed by atoms with E-state index in [4.69, 9.17) is 0 Å². The van der Waals surface area contributed by atoms with Crippen LogP contribution in [0.3, 0.4) is 0 Å². The maximum Gasteiger partial charge on any atom is 0.0171 e. The Balaban J connectivity index is 2.26. The first kappa shape index (κ1) is 13.7. The number of hydrogen-bond acceptors (Lipinski definition) is 1. The van der Waals surface area contributed by atoms with Gasteiger partial charge in [0.1, 0.15) is 0 Å². The van der Waals surface area contributed by atoms with Gasteiger partial charge in [0.2, 0.25) is 0 Å². The molecule has 0 radical (unpaired) electrons. The molecule has 1 saturated heterocycles. The fourth-order valence-corrected chi connectivity index (χ4v) is 2.34. The molecule has 1 nitrogen and oxygen atoms in total. The number of likely N-dealkylation sites (tertiary alicyclic amines) is 1. The summed E-state index contributed by atoms with van der Waals surface area (Å²) >= 11 is 3.47. The highest BCUT2D eigenvalue weighted by Crippen LogP contribution is 2.16. The highest BCUT2D eigenvalue weighted by atomic mass is 79.9. The summed E-state index contributed by atoms with van der Waals surface area (Å²) in [6.07, 6.45) is 11.4. The summed E-state index contributed by atoms with van der Waals surface area (Å²) < 4.78 is 1.07. The van der Waals surface area contributed by atoms with Crippen molar-refractivity contribution in [2.45, 2.75) is 32.6 Å². The van der Waals surface area contributed by atoms with Crippen LogP contribution in [0.1, 0.15) is 32.6 Å². The van der Waals surface area contributed by atoms with Gasteiger partial charge < -0.3 is 4.90 Å². The van der Waals surface area contributed by atoms with Crippen molar-refractivity contribution in [3.63, 3.8) is 0 Å². The minimum absolute atomic E-state index is 1.07. The molecule has 0 saturated carbocycles. The van der Waals surface area contributed by atoms with Crippen molar-refractivity contribution >= 4 is 15.9 Å². The van der Waals surface area contributed by atoms with Gasteiger partial charge in [-0.25, -0.2) is 0 Å². The number of hydrogen-bond donors (Lipinski definition) is 0. The third-order valence-corrected chi connectivity index (χ3v) is 3.58. The molecule has 1 fully saturated rings. The number of allylic oxidation sites excluding steroid dienone is 5. The lowest BCUT2D eigenvalue weighted by atomic mass is 10.1. The fraction of sp³-hybridized carbons (Fsp3) is 0.571. The molecule has 0 aromatic heterocycles. The van der Waals surface area contributed by atoms with E-state index in [2.05, 4.69) is 46.5 Å². The van der Waals surface area contributed by atoms with E-state index in [1.807, 2.05) is 6.08 Å².